The Labute approximate surface area is 140 Å². The molecule has 0 atom stereocenters. The molecule has 2 rings (SSSR count). The van der Waals surface area contributed by atoms with Crippen LogP contribution in [0.15, 0.2) is 18.2 Å². The normalized spacial score (nSPS) is 11.9. The van der Waals surface area contributed by atoms with Gasteiger partial charge in [-0.1, -0.05) is 29.3 Å². The van der Waals surface area contributed by atoms with Gasteiger partial charge in [-0.15, -0.1) is 11.3 Å². The van der Waals surface area contributed by atoms with Crippen LogP contribution in [0, 0.1) is 6.92 Å². The summed E-state index contributed by atoms with van der Waals surface area (Å²) in [4.78, 5) is 5.92. The standard InChI is InChI=1S/C16H20Cl2N2S/c1-10-14(9-19-16(2,3)4)21-15(20-10)8-11-12(17)6-5-7-13(11)18/h5-7,19H,8-9H2,1-4H3. The number of hydrogen-bond acceptors (Lipinski definition) is 3. The zero-order valence-electron chi connectivity index (χ0n) is 12.8. The van der Waals surface area contributed by atoms with Crippen LogP contribution >= 0.6 is 34.5 Å². The molecule has 0 fully saturated rings. The number of halogens is 2. The Morgan fingerprint density at radius 1 is 1.19 bits per heavy atom. The molecule has 0 amide bonds. The Kier molecular flexibility index (Phi) is 5.31. The fourth-order valence-corrected chi connectivity index (χ4v) is 3.48. The molecule has 0 saturated carbocycles. The topological polar surface area (TPSA) is 24.9 Å². The minimum absolute atomic E-state index is 0.0998. The second kappa shape index (κ2) is 6.66. The number of benzene rings is 1. The Balaban J connectivity index is 2.15. The third kappa shape index (κ3) is 4.68. The minimum atomic E-state index is 0.0998. The van der Waals surface area contributed by atoms with Crippen molar-refractivity contribution < 1.29 is 0 Å². The fraction of sp³-hybridized carbons (Fsp3) is 0.438. The first kappa shape index (κ1) is 16.8. The fourth-order valence-electron chi connectivity index (χ4n) is 1.93. The Morgan fingerprint density at radius 2 is 1.81 bits per heavy atom. The summed E-state index contributed by atoms with van der Waals surface area (Å²) in [7, 11) is 0. The van der Waals surface area contributed by atoms with E-state index in [2.05, 4.69) is 31.1 Å². The van der Waals surface area contributed by atoms with Gasteiger partial charge in [-0.3, -0.25) is 0 Å². The van der Waals surface area contributed by atoms with E-state index in [1.807, 2.05) is 25.1 Å². The van der Waals surface area contributed by atoms with Gasteiger partial charge < -0.3 is 5.32 Å². The van der Waals surface area contributed by atoms with Gasteiger partial charge in [-0.2, -0.15) is 0 Å². The van der Waals surface area contributed by atoms with E-state index in [-0.39, 0.29) is 5.54 Å². The first-order valence-electron chi connectivity index (χ1n) is 6.89. The molecule has 0 aliphatic carbocycles. The molecule has 0 aliphatic rings. The van der Waals surface area contributed by atoms with E-state index in [0.29, 0.717) is 16.5 Å². The van der Waals surface area contributed by atoms with Crippen LogP contribution in [0.2, 0.25) is 10.0 Å². The predicted octanol–water partition coefficient (Wildman–Crippen LogP) is 5.24. The molecule has 0 bridgehead atoms. The summed E-state index contributed by atoms with van der Waals surface area (Å²) in [5.41, 5.74) is 2.13. The average molecular weight is 343 g/mol. The van der Waals surface area contributed by atoms with Gasteiger partial charge >= 0.3 is 0 Å². The van der Waals surface area contributed by atoms with E-state index in [0.717, 1.165) is 22.8 Å². The summed E-state index contributed by atoms with van der Waals surface area (Å²) >= 11 is 14.2. The Morgan fingerprint density at radius 3 is 2.38 bits per heavy atom. The van der Waals surface area contributed by atoms with Gasteiger partial charge in [0.15, 0.2) is 0 Å². The van der Waals surface area contributed by atoms with Crippen LogP contribution in [0.4, 0.5) is 0 Å². The number of nitrogens with one attached hydrogen (secondary N) is 1. The first-order valence-corrected chi connectivity index (χ1v) is 8.46. The van der Waals surface area contributed by atoms with Crippen molar-refractivity contribution in [1.82, 2.24) is 10.3 Å². The molecule has 0 unspecified atom stereocenters. The monoisotopic (exact) mass is 342 g/mol. The molecule has 5 heteroatoms. The van der Waals surface area contributed by atoms with Crippen molar-refractivity contribution in [3.05, 3.63) is 49.4 Å². The van der Waals surface area contributed by atoms with E-state index >= 15 is 0 Å². The van der Waals surface area contributed by atoms with Crippen molar-refractivity contribution in [2.45, 2.75) is 46.2 Å². The lowest BCUT2D eigenvalue weighted by Gasteiger charge is -2.19. The van der Waals surface area contributed by atoms with Crippen LogP contribution in [-0.2, 0) is 13.0 Å². The Bertz CT molecular complexity index is 609. The SMILES string of the molecule is Cc1nc(Cc2c(Cl)cccc2Cl)sc1CNC(C)(C)C. The molecule has 21 heavy (non-hydrogen) atoms. The summed E-state index contributed by atoms with van der Waals surface area (Å²) in [6.45, 7) is 9.37. The second-order valence-electron chi connectivity index (χ2n) is 6.10. The lowest BCUT2D eigenvalue weighted by Crippen LogP contribution is -2.34. The maximum Gasteiger partial charge on any atom is 0.0976 e. The largest absolute Gasteiger partial charge is 0.307 e. The zero-order valence-corrected chi connectivity index (χ0v) is 15.1. The van der Waals surface area contributed by atoms with Crippen molar-refractivity contribution in [2.24, 2.45) is 0 Å². The lowest BCUT2D eigenvalue weighted by molar-refractivity contribution is 0.425. The van der Waals surface area contributed by atoms with Gasteiger partial charge in [0.2, 0.25) is 0 Å². The summed E-state index contributed by atoms with van der Waals surface area (Å²) < 4.78 is 0. The molecule has 2 aromatic rings. The lowest BCUT2D eigenvalue weighted by atomic mass is 10.1. The highest BCUT2D eigenvalue weighted by molar-refractivity contribution is 7.11. The number of aromatic nitrogens is 1. The highest BCUT2D eigenvalue weighted by Crippen LogP contribution is 2.29. The molecule has 0 saturated heterocycles. The van der Waals surface area contributed by atoms with Crippen LogP contribution in [-0.4, -0.2) is 10.5 Å². The van der Waals surface area contributed by atoms with Crippen molar-refractivity contribution in [3.8, 4) is 0 Å². The number of thiazole rings is 1. The van der Waals surface area contributed by atoms with Crippen LogP contribution < -0.4 is 5.32 Å². The summed E-state index contributed by atoms with van der Waals surface area (Å²) in [5, 5.41) is 5.94. The molecular formula is C16H20Cl2N2S. The Hall–Kier alpha value is -0.610. The van der Waals surface area contributed by atoms with Gasteiger partial charge in [-0.05, 0) is 45.4 Å². The minimum Gasteiger partial charge on any atom is -0.307 e. The molecule has 1 aromatic carbocycles. The molecule has 1 heterocycles. The molecule has 1 N–H and O–H groups in total. The molecule has 0 aliphatic heterocycles. The van der Waals surface area contributed by atoms with E-state index < -0.39 is 0 Å². The third-order valence-corrected chi connectivity index (χ3v) is 4.97. The van der Waals surface area contributed by atoms with Crippen molar-refractivity contribution in [3.63, 3.8) is 0 Å². The van der Waals surface area contributed by atoms with Gasteiger partial charge in [0, 0.05) is 33.4 Å². The highest BCUT2D eigenvalue weighted by Gasteiger charge is 2.14. The average Bonchev–Trinajstić information content (AvgIpc) is 2.71. The molecule has 114 valence electrons. The number of nitrogens with zero attached hydrogens (tertiary/aromatic N) is 1. The number of aryl methyl sites for hydroxylation is 1. The van der Waals surface area contributed by atoms with E-state index in [1.165, 1.54) is 4.88 Å². The van der Waals surface area contributed by atoms with Gasteiger partial charge in [0.1, 0.15) is 0 Å². The van der Waals surface area contributed by atoms with Gasteiger partial charge in [0.05, 0.1) is 10.7 Å². The van der Waals surface area contributed by atoms with E-state index in [1.54, 1.807) is 11.3 Å². The molecule has 0 spiro atoms. The third-order valence-electron chi connectivity index (χ3n) is 3.11. The maximum absolute atomic E-state index is 6.23. The van der Waals surface area contributed by atoms with Crippen LogP contribution in [0.5, 0.6) is 0 Å². The summed E-state index contributed by atoms with van der Waals surface area (Å²) in [5.74, 6) is 0. The summed E-state index contributed by atoms with van der Waals surface area (Å²) in [6.07, 6.45) is 0.680. The first-order chi connectivity index (χ1) is 9.76. The van der Waals surface area contributed by atoms with Crippen molar-refractivity contribution in [2.75, 3.05) is 0 Å². The molecule has 0 radical (unpaired) electrons. The highest BCUT2D eigenvalue weighted by atomic mass is 35.5. The molecular weight excluding hydrogens is 323 g/mol. The summed E-state index contributed by atoms with van der Waals surface area (Å²) in [6, 6.07) is 5.59. The molecule has 2 nitrogen and oxygen atoms in total. The van der Waals surface area contributed by atoms with Crippen LogP contribution in [0.25, 0.3) is 0 Å². The van der Waals surface area contributed by atoms with Crippen molar-refractivity contribution in [1.29, 1.82) is 0 Å². The van der Waals surface area contributed by atoms with Crippen LogP contribution in [0.3, 0.4) is 0 Å². The number of rotatable bonds is 4. The van der Waals surface area contributed by atoms with Crippen molar-refractivity contribution >= 4 is 34.5 Å². The van der Waals surface area contributed by atoms with Crippen LogP contribution in [0.1, 0.15) is 41.9 Å². The predicted molar refractivity (Wildman–Crippen MR) is 92.7 cm³/mol. The second-order valence-corrected chi connectivity index (χ2v) is 8.08. The van der Waals surface area contributed by atoms with Gasteiger partial charge in [0.25, 0.3) is 0 Å². The van der Waals surface area contributed by atoms with E-state index in [9.17, 15) is 0 Å². The zero-order chi connectivity index (χ0) is 15.6. The maximum atomic E-state index is 6.23. The number of hydrogen-bond donors (Lipinski definition) is 1. The molecule has 1 aromatic heterocycles. The van der Waals surface area contributed by atoms with E-state index in [4.69, 9.17) is 23.2 Å². The smallest absolute Gasteiger partial charge is 0.0976 e. The quantitative estimate of drug-likeness (QED) is 0.821. The van der Waals surface area contributed by atoms with Gasteiger partial charge in [-0.25, -0.2) is 4.98 Å².